The van der Waals surface area contributed by atoms with Crippen LogP contribution in [0.3, 0.4) is 0 Å². The highest BCUT2D eigenvalue weighted by molar-refractivity contribution is 6.31. The summed E-state index contributed by atoms with van der Waals surface area (Å²) in [6.07, 6.45) is 8.45. The smallest absolute Gasteiger partial charge is 0.312 e. The molecule has 2 atom stereocenters. The Kier molecular flexibility index (Phi) is 5.23. The van der Waals surface area contributed by atoms with Crippen molar-refractivity contribution in [3.05, 3.63) is 34.4 Å². The van der Waals surface area contributed by atoms with E-state index in [2.05, 4.69) is 6.08 Å². The topological polar surface area (TPSA) is 46.6 Å². The molecule has 0 fully saturated rings. The second-order valence-corrected chi connectivity index (χ2v) is 5.83. The van der Waals surface area contributed by atoms with E-state index in [0.29, 0.717) is 11.6 Å². The fraction of sp³-hybridized carbons (Fsp3) is 0.500. The second-order valence-electron chi connectivity index (χ2n) is 5.40. The van der Waals surface area contributed by atoms with Gasteiger partial charge in [-0.3, -0.25) is 9.59 Å². The molecule has 0 saturated heterocycles. The maximum Gasteiger partial charge on any atom is 0.312 e. The molecule has 21 heavy (non-hydrogen) atoms. The van der Waals surface area contributed by atoms with Gasteiger partial charge in [0.25, 0.3) is 0 Å². The molecule has 0 aromatic heterocycles. The van der Waals surface area contributed by atoms with Crippen molar-refractivity contribution in [3.63, 3.8) is 0 Å². The number of allylic oxidation sites excluding steroid dienone is 3. The molecule has 2 aliphatic rings. The molecular weight excluding hydrogens is 290 g/mol. The summed E-state index contributed by atoms with van der Waals surface area (Å²) in [5.41, 5.74) is 2.27. The van der Waals surface area contributed by atoms with Crippen LogP contribution in [0.1, 0.15) is 19.8 Å². The van der Waals surface area contributed by atoms with Crippen LogP contribution in [0.25, 0.3) is 0 Å². The summed E-state index contributed by atoms with van der Waals surface area (Å²) in [6.45, 7) is 3.21. The Balaban J connectivity index is 2.22. The van der Waals surface area contributed by atoms with Crippen LogP contribution in [-0.4, -0.2) is 37.5 Å². The molecule has 4 nitrogen and oxygen atoms in total. The van der Waals surface area contributed by atoms with E-state index in [1.54, 1.807) is 4.90 Å². The first kappa shape index (κ1) is 15.8. The van der Waals surface area contributed by atoms with Gasteiger partial charge in [-0.1, -0.05) is 29.3 Å². The van der Waals surface area contributed by atoms with Gasteiger partial charge in [-0.15, -0.1) is 0 Å². The number of hydrogen-bond acceptors (Lipinski definition) is 3. The highest BCUT2D eigenvalue weighted by atomic mass is 35.5. The van der Waals surface area contributed by atoms with Crippen molar-refractivity contribution in [2.75, 3.05) is 20.2 Å². The van der Waals surface area contributed by atoms with Crippen LogP contribution in [0.2, 0.25) is 0 Å². The van der Waals surface area contributed by atoms with Gasteiger partial charge in [0, 0.05) is 24.0 Å². The van der Waals surface area contributed by atoms with Gasteiger partial charge in [0.2, 0.25) is 6.41 Å². The van der Waals surface area contributed by atoms with E-state index < -0.39 is 0 Å². The minimum Gasteiger partial charge on any atom is -0.469 e. The van der Waals surface area contributed by atoms with Crippen LogP contribution >= 0.6 is 11.6 Å². The van der Waals surface area contributed by atoms with Gasteiger partial charge >= 0.3 is 5.97 Å². The van der Waals surface area contributed by atoms with E-state index >= 15 is 0 Å². The number of halogens is 1. The molecular formula is C16H20ClNO3. The largest absolute Gasteiger partial charge is 0.469 e. The number of esters is 1. The molecule has 5 heteroatoms. The normalized spacial score (nSPS) is 23.7. The van der Waals surface area contributed by atoms with Crippen molar-refractivity contribution >= 4 is 24.0 Å². The van der Waals surface area contributed by atoms with Crippen molar-refractivity contribution in [2.24, 2.45) is 11.8 Å². The van der Waals surface area contributed by atoms with Gasteiger partial charge in [-0.05, 0) is 31.4 Å². The van der Waals surface area contributed by atoms with Crippen molar-refractivity contribution < 1.29 is 14.3 Å². The number of carbonyl (C=O) groups excluding carboxylic acids is 2. The van der Waals surface area contributed by atoms with Gasteiger partial charge in [-0.25, -0.2) is 0 Å². The Bertz CT molecular complexity index is 522. The quantitative estimate of drug-likeness (QED) is 0.456. The lowest BCUT2D eigenvalue weighted by Gasteiger charge is -2.32. The Morgan fingerprint density at radius 1 is 1.52 bits per heavy atom. The Labute approximate surface area is 130 Å². The third-order valence-corrected chi connectivity index (χ3v) is 4.45. The molecule has 1 aliphatic heterocycles. The minimum atomic E-state index is -0.313. The number of amides is 1. The molecule has 0 spiro atoms. The van der Waals surface area contributed by atoms with E-state index in [1.165, 1.54) is 12.7 Å². The standard InChI is InChI=1S/C16H20ClNO3/c1-11(16(20)21-2)15-9-13(17)3-4-14(15)12-5-7-18(10-19)8-6-12/h3,5,9-11,14H,4,6-8H2,1-2H3. The number of methoxy groups -OCH3 is 1. The Morgan fingerprint density at radius 3 is 2.86 bits per heavy atom. The maximum atomic E-state index is 11.8. The zero-order valence-electron chi connectivity index (χ0n) is 12.3. The van der Waals surface area contributed by atoms with Crippen LogP contribution in [-0.2, 0) is 14.3 Å². The molecule has 0 N–H and O–H groups in total. The van der Waals surface area contributed by atoms with Crippen molar-refractivity contribution in [2.45, 2.75) is 19.8 Å². The van der Waals surface area contributed by atoms with E-state index in [9.17, 15) is 9.59 Å². The lowest BCUT2D eigenvalue weighted by Crippen LogP contribution is -2.30. The summed E-state index contributed by atoms with van der Waals surface area (Å²) in [6, 6.07) is 0. The van der Waals surface area contributed by atoms with Crippen molar-refractivity contribution in [1.29, 1.82) is 0 Å². The molecule has 2 rings (SSSR count). The summed E-state index contributed by atoms with van der Waals surface area (Å²) in [7, 11) is 1.40. The van der Waals surface area contributed by atoms with Gasteiger partial charge in [0.15, 0.2) is 0 Å². The van der Waals surface area contributed by atoms with Crippen LogP contribution in [0.4, 0.5) is 0 Å². The maximum absolute atomic E-state index is 11.8. The summed E-state index contributed by atoms with van der Waals surface area (Å²) in [5, 5.41) is 0.669. The molecule has 1 heterocycles. The highest BCUT2D eigenvalue weighted by Crippen LogP contribution is 2.38. The first-order valence-corrected chi connectivity index (χ1v) is 7.47. The Morgan fingerprint density at radius 2 is 2.29 bits per heavy atom. The first-order valence-electron chi connectivity index (χ1n) is 7.10. The zero-order chi connectivity index (χ0) is 15.4. The van der Waals surface area contributed by atoms with E-state index in [1.807, 2.05) is 19.1 Å². The third-order valence-electron chi connectivity index (χ3n) is 4.18. The molecule has 0 bridgehead atoms. The summed E-state index contributed by atoms with van der Waals surface area (Å²) >= 11 is 6.11. The monoisotopic (exact) mass is 309 g/mol. The summed E-state index contributed by atoms with van der Waals surface area (Å²) in [4.78, 5) is 24.4. The van der Waals surface area contributed by atoms with Gasteiger partial charge in [0.1, 0.15) is 0 Å². The summed E-state index contributed by atoms with van der Waals surface area (Å²) < 4.78 is 4.85. The number of ether oxygens (including phenoxy) is 1. The first-order chi connectivity index (χ1) is 10.1. The fourth-order valence-corrected chi connectivity index (χ4v) is 3.12. The molecule has 1 aliphatic carbocycles. The van der Waals surface area contributed by atoms with Crippen LogP contribution in [0.5, 0.6) is 0 Å². The lowest BCUT2D eigenvalue weighted by atomic mass is 9.77. The lowest BCUT2D eigenvalue weighted by molar-refractivity contribution is -0.143. The van der Waals surface area contributed by atoms with E-state index in [4.69, 9.17) is 16.3 Å². The predicted molar refractivity (Wildman–Crippen MR) is 81.6 cm³/mol. The van der Waals surface area contributed by atoms with Crippen LogP contribution in [0.15, 0.2) is 34.4 Å². The molecule has 0 saturated carbocycles. The summed E-state index contributed by atoms with van der Waals surface area (Å²) in [5.74, 6) is -0.383. The van der Waals surface area contributed by atoms with Crippen LogP contribution < -0.4 is 0 Å². The van der Waals surface area contributed by atoms with E-state index in [0.717, 1.165) is 31.4 Å². The molecule has 2 unspecified atom stereocenters. The molecule has 0 aromatic carbocycles. The predicted octanol–water partition coefficient (Wildman–Crippen LogP) is 2.65. The number of carbonyl (C=O) groups is 2. The second kappa shape index (κ2) is 6.94. The fourth-order valence-electron chi connectivity index (χ4n) is 2.90. The van der Waals surface area contributed by atoms with Crippen molar-refractivity contribution in [3.8, 4) is 0 Å². The molecule has 0 aromatic rings. The molecule has 0 radical (unpaired) electrons. The van der Waals surface area contributed by atoms with E-state index in [-0.39, 0.29) is 17.8 Å². The third kappa shape index (κ3) is 3.56. The number of rotatable bonds is 4. The van der Waals surface area contributed by atoms with Crippen molar-refractivity contribution in [1.82, 2.24) is 4.90 Å². The van der Waals surface area contributed by atoms with Gasteiger partial charge in [0.05, 0.1) is 13.0 Å². The molecule has 1 amide bonds. The van der Waals surface area contributed by atoms with Crippen LogP contribution in [0, 0.1) is 11.8 Å². The number of nitrogens with zero attached hydrogens (tertiary/aromatic N) is 1. The molecule has 114 valence electrons. The SMILES string of the molecule is COC(=O)C(C)C1=CC(Cl)=CCC1C1=CCN(C=O)CC1. The Hall–Kier alpha value is -1.55. The average molecular weight is 310 g/mol. The minimum absolute atomic E-state index is 0.176. The number of hydrogen-bond donors (Lipinski definition) is 0. The zero-order valence-corrected chi connectivity index (χ0v) is 13.1. The van der Waals surface area contributed by atoms with Gasteiger partial charge in [-0.2, -0.15) is 0 Å². The highest BCUT2D eigenvalue weighted by Gasteiger charge is 2.30. The van der Waals surface area contributed by atoms with Gasteiger partial charge < -0.3 is 9.64 Å². The average Bonchev–Trinajstić information content (AvgIpc) is 2.53.